The van der Waals surface area contributed by atoms with E-state index in [0.29, 0.717) is 34.2 Å². The molecule has 0 spiro atoms. The van der Waals surface area contributed by atoms with Gasteiger partial charge >= 0.3 is 0 Å². The van der Waals surface area contributed by atoms with Crippen LogP contribution in [-0.2, 0) is 5.75 Å². The zero-order chi connectivity index (χ0) is 15.1. The van der Waals surface area contributed by atoms with E-state index < -0.39 is 0 Å². The van der Waals surface area contributed by atoms with Crippen LogP contribution < -0.4 is 5.32 Å². The standard InChI is InChI=1S/C15H14ClFN2OS/c16-13-4-1-5-14(17)12(13)10-21-8-7-19-15(20)11-3-2-6-18-9-11/h1-6,9H,7-8,10H2,(H,19,20). The van der Waals surface area contributed by atoms with Gasteiger partial charge < -0.3 is 5.32 Å². The number of nitrogens with one attached hydrogen (secondary N) is 1. The first kappa shape index (κ1) is 15.8. The lowest BCUT2D eigenvalue weighted by molar-refractivity contribution is 0.0956. The summed E-state index contributed by atoms with van der Waals surface area (Å²) in [5, 5.41) is 3.22. The summed E-state index contributed by atoms with van der Waals surface area (Å²) in [7, 11) is 0. The molecule has 1 heterocycles. The van der Waals surface area contributed by atoms with Crippen LogP contribution in [0.1, 0.15) is 15.9 Å². The fraction of sp³-hybridized carbons (Fsp3) is 0.200. The van der Waals surface area contributed by atoms with E-state index in [4.69, 9.17) is 11.6 Å². The molecule has 0 saturated heterocycles. The quantitative estimate of drug-likeness (QED) is 0.826. The van der Waals surface area contributed by atoms with Crippen LogP contribution in [0.3, 0.4) is 0 Å². The van der Waals surface area contributed by atoms with Gasteiger partial charge in [-0.3, -0.25) is 9.78 Å². The van der Waals surface area contributed by atoms with Crippen LogP contribution in [0.2, 0.25) is 5.02 Å². The summed E-state index contributed by atoms with van der Waals surface area (Å²) in [6, 6.07) is 8.06. The molecule has 0 aliphatic rings. The number of aromatic nitrogens is 1. The van der Waals surface area contributed by atoms with Gasteiger partial charge in [-0.25, -0.2) is 4.39 Å². The molecule has 0 atom stereocenters. The number of nitrogens with zero attached hydrogens (tertiary/aromatic N) is 1. The third kappa shape index (κ3) is 4.72. The highest BCUT2D eigenvalue weighted by Crippen LogP contribution is 2.23. The number of rotatable bonds is 6. The summed E-state index contributed by atoms with van der Waals surface area (Å²) in [5.41, 5.74) is 1.03. The minimum atomic E-state index is -0.297. The summed E-state index contributed by atoms with van der Waals surface area (Å²) in [6.07, 6.45) is 3.13. The first-order chi connectivity index (χ1) is 10.2. The Bertz CT molecular complexity index is 590. The van der Waals surface area contributed by atoms with Gasteiger partial charge in [-0.15, -0.1) is 0 Å². The average molecular weight is 325 g/mol. The van der Waals surface area contributed by atoms with E-state index in [1.165, 1.54) is 24.0 Å². The molecule has 1 aromatic carbocycles. The van der Waals surface area contributed by atoms with Gasteiger partial charge in [0.05, 0.1) is 5.56 Å². The van der Waals surface area contributed by atoms with Gasteiger partial charge in [0, 0.05) is 41.0 Å². The molecular weight excluding hydrogens is 311 g/mol. The monoisotopic (exact) mass is 324 g/mol. The van der Waals surface area contributed by atoms with E-state index in [-0.39, 0.29) is 11.7 Å². The maximum Gasteiger partial charge on any atom is 0.252 e. The minimum absolute atomic E-state index is 0.160. The Morgan fingerprint density at radius 1 is 1.33 bits per heavy atom. The lowest BCUT2D eigenvalue weighted by Gasteiger charge is -2.07. The zero-order valence-corrected chi connectivity index (χ0v) is 12.8. The van der Waals surface area contributed by atoms with E-state index in [2.05, 4.69) is 10.3 Å². The van der Waals surface area contributed by atoms with E-state index in [1.807, 2.05) is 0 Å². The summed E-state index contributed by atoms with van der Waals surface area (Å²) in [5.74, 6) is 0.701. The number of pyridine rings is 1. The zero-order valence-electron chi connectivity index (χ0n) is 11.2. The largest absolute Gasteiger partial charge is 0.351 e. The summed E-state index contributed by atoms with van der Waals surface area (Å²) >= 11 is 7.46. The topological polar surface area (TPSA) is 42.0 Å². The lowest BCUT2D eigenvalue weighted by atomic mass is 10.2. The number of hydrogen-bond donors (Lipinski definition) is 1. The first-order valence-electron chi connectivity index (χ1n) is 6.37. The molecule has 1 amide bonds. The second kappa shape index (κ2) is 8.00. The van der Waals surface area contributed by atoms with Crippen LogP contribution in [-0.4, -0.2) is 23.2 Å². The van der Waals surface area contributed by atoms with E-state index in [0.717, 1.165) is 0 Å². The molecule has 110 valence electrons. The van der Waals surface area contributed by atoms with Crippen molar-refractivity contribution < 1.29 is 9.18 Å². The number of carbonyl (C=O) groups excluding carboxylic acids is 1. The van der Waals surface area contributed by atoms with Crippen molar-refractivity contribution in [2.75, 3.05) is 12.3 Å². The number of amides is 1. The maximum absolute atomic E-state index is 13.5. The molecule has 1 N–H and O–H groups in total. The van der Waals surface area contributed by atoms with Crippen LogP contribution in [0.15, 0.2) is 42.7 Å². The van der Waals surface area contributed by atoms with E-state index in [1.54, 1.807) is 30.5 Å². The van der Waals surface area contributed by atoms with Gasteiger partial charge in [-0.1, -0.05) is 17.7 Å². The van der Waals surface area contributed by atoms with Crippen LogP contribution in [0.25, 0.3) is 0 Å². The van der Waals surface area contributed by atoms with Crippen molar-refractivity contribution >= 4 is 29.3 Å². The van der Waals surface area contributed by atoms with Crippen LogP contribution in [0.5, 0.6) is 0 Å². The molecule has 2 aromatic rings. The molecule has 2 rings (SSSR count). The van der Waals surface area contributed by atoms with Crippen molar-refractivity contribution in [3.63, 3.8) is 0 Å². The average Bonchev–Trinajstić information content (AvgIpc) is 2.50. The van der Waals surface area contributed by atoms with Gasteiger partial charge in [0.15, 0.2) is 0 Å². The predicted molar refractivity (Wildman–Crippen MR) is 84.1 cm³/mol. The van der Waals surface area contributed by atoms with E-state index in [9.17, 15) is 9.18 Å². The van der Waals surface area contributed by atoms with Crippen LogP contribution in [0, 0.1) is 5.82 Å². The fourth-order valence-electron chi connectivity index (χ4n) is 1.68. The summed E-state index contributed by atoms with van der Waals surface area (Å²) < 4.78 is 13.5. The second-order valence-electron chi connectivity index (χ2n) is 4.25. The molecule has 1 aromatic heterocycles. The SMILES string of the molecule is O=C(NCCSCc1c(F)cccc1Cl)c1cccnc1. The highest BCUT2D eigenvalue weighted by Gasteiger charge is 2.07. The molecular formula is C15H14ClFN2OS. The second-order valence-corrected chi connectivity index (χ2v) is 5.76. The third-order valence-corrected chi connectivity index (χ3v) is 4.10. The smallest absolute Gasteiger partial charge is 0.252 e. The van der Waals surface area contributed by atoms with Gasteiger partial charge in [-0.2, -0.15) is 11.8 Å². The lowest BCUT2D eigenvalue weighted by Crippen LogP contribution is -2.25. The molecule has 0 fully saturated rings. The molecule has 0 bridgehead atoms. The molecule has 0 radical (unpaired) electrons. The Kier molecular flexibility index (Phi) is 6.02. The summed E-state index contributed by atoms with van der Waals surface area (Å²) in [4.78, 5) is 15.6. The van der Waals surface area contributed by atoms with Gasteiger partial charge in [0.1, 0.15) is 5.82 Å². The van der Waals surface area contributed by atoms with Gasteiger partial charge in [0.2, 0.25) is 0 Å². The van der Waals surface area contributed by atoms with Gasteiger partial charge in [0.25, 0.3) is 5.91 Å². The molecule has 0 saturated carbocycles. The highest BCUT2D eigenvalue weighted by molar-refractivity contribution is 7.98. The Hall–Kier alpha value is -1.59. The normalized spacial score (nSPS) is 10.4. The first-order valence-corrected chi connectivity index (χ1v) is 7.90. The Labute approximate surface area is 131 Å². The van der Waals surface area contributed by atoms with Crippen molar-refractivity contribution in [3.05, 3.63) is 64.7 Å². The van der Waals surface area contributed by atoms with Crippen LogP contribution >= 0.6 is 23.4 Å². The molecule has 21 heavy (non-hydrogen) atoms. The molecule has 0 aliphatic heterocycles. The number of benzene rings is 1. The Morgan fingerprint density at radius 2 is 2.19 bits per heavy atom. The predicted octanol–water partition coefficient (Wildman–Crippen LogP) is 3.54. The van der Waals surface area contributed by atoms with Crippen molar-refractivity contribution in [1.29, 1.82) is 0 Å². The van der Waals surface area contributed by atoms with E-state index >= 15 is 0 Å². The van der Waals surface area contributed by atoms with Crippen molar-refractivity contribution in [3.8, 4) is 0 Å². The maximum atomic E-state index is 13.5. The Balaban J connectivity index is 1.72. The van der Waals surface area contributed by atoms with Crippen molar-refractivity contribution in [2.45, 2.75) is 5.75 Å². The Morgan fingerprint density at radius 3 is 2.90 bits per heavy atom. The number of thioether (sulfide) groups is 1. The summed E-state index contributed by atoms with van der Waals surface area (Å²) in [6.45, 7) is 0.504. The fourth-order valence-corrected chi connectivity index (χ4v) is 2.88. The molecule has 6 heteroatoms. The molecule has 3 nitrogen and oxygen atoms in total. The van der Waals surface area contributed by atoms with Gasteiger partial charge in [-0.05, 0) is 24.3 Å². The number of hydrogen-bond acceptors (Lipinski definition) is 3. The van der Waals surface area contributed by atoms with Crippen molar-refractivity contribution in [2.24, 2.45) is 0 Å². The highest BCUT2D eigenvalue weighted by atomic mass is 35.5. The third-order valence-electron chi connectivity index (χ3n) is 2.76. The number of carbonyl (C=O) groups is 1. The molecule has 0 unspecified atom stereocenters. The van der Waals surface area contributed by atoms with Crippen LogP contribution in [0.4, 0.5) is 4.39 Å². The van der Waals surface area contributed by atoms with Crippen molar-refractivity contribution in [1.82, 2.24) is 10.3 Å². The minimum Gasteiger partial charge on any atom is -0.351 e. The molecule has 0 aliphatic carbocycles. The number of halogens is 2.